The second-order valence-corrected chi connectivity index (χ2v) is 6.98. The topological polar surface area (TPSA) is 85.2 Å². The summed E-state index contributed by atoms with van der Waals surface area (Å²) in [5, 5.41) is 7.25. The molecule has 21 heavy (non-hydrogen) atoms. The molecule has 1 fully saturated rings. The van der Waals surface area contributed by atoms with E-state index >= 15 is 0 Å². The van der Waals surface area contributed by atoms with E-state index in [4.69, 9.17) is 4.74 Å². The van der Waals surface area contributed by atoms with Gasteiger partial charge in [-0.05, 0) is 25.3 Å². The maximum atomic E-state index is 12.1. The molecule has 7 nitrogen and oxygen atoms in total. The summed E-state index contributed by atoms with van der Waals surface area (Å²) in [4.78, 5) is 0.224. The van der Waals surface area contributed by atoms with Gasteiger partial charge in [0.2, 0.25) is 10.0 Å². The quantitative estimate of drug-likeness (QED) is 0.636. The number of ether oxygens (including phenoxy) is 1. The largest absolute Gasteiger partial charge is 0.381 e. The van der Waals surface area contributed by atoms with Crippen LogP contribution in [-0.2, 0) is 21.3 Å². The Kier molecular flexibility index (Phi) is 6.16. The molecule has 1 aliphatic heterocycles. The Morgan fingerprint density at radius 3 is 3.05 bits per heavy atom. The van der Waals surface area contributed by atoms with Gasteiger partial charge < -0.3 is 10.1 Å². The van der Waals surface area contributed by atoms with Crippen LogP contribution in [0.15, 0.2) is 17.3 Å². The van der Waals surface area contributed by atoms with Crippen molar-refractivity contribution in [1.82, 2.24) is 19.8 Å². The zero-order chi connectivity index (χ0) is 15.1. The molecule has 1 aromatic rings. The van der Waals surface area contributed by atoms with Crippen LogP contribution in [-0.4, -0.2) is 51.0 Å². The Labute approximate surface area is 126 Å². The molecule has 1 aromatic heterocycles. The van der Waals surface area contributed by atoms with Crippen LogP contribution >= 0.6 is 0 Å². The van der Waals surface area contributed by atoms with E-state index in [-0.39, 0.29) is 4.90 Å². The standard InChI is InChI=1S/C13H24N4O3S/c1-2-14-6-7-17-10-13(9-15-17)21(18,19)16-5-3-12-4-8-20-11-12/h9-10,12,14,16H,2-8,11H2,1H3. The third kappa shape index (κ3) is 5.06. The highest BCUT2D eigenvalue weighted by Gasteiger charge is 2.19. The first kappa shape index (κ1) is 16.4. The van der Waals surface area contributed by atoms with Crippen molar-refractivity contribution >= 4 is 10.0 Å². The molecule has 0 saturated carbocycles. The smallest absolute Gasteiger partial charge is 0.243 e. The minimum absolute atomic E-state index is 0.224. The average Bonchev–Trinajstić information content (AvgIpc) is 3.10. The number of nitrogens with zero attached hydrogens (tertiary/aromatic N) is 2. The second kappa shape index (κ2) is 7.88. The lowest BCUT2D eigenvalue weighted by Gasteiger charge is -2.08. The molecule has 1 aliphatic rings. The lowest BCUT2D eigenvalue weighted by Crippen LogP contribution is -2.26. The minimum atomic E-state index is -3.46. The van der Waals surface area contributed by atoms with Gasteiger partial charge in [-0.2, -0.15) is 5.10 Å². The van der Waals surface area contributed by atoms with Crippen LogP contribution in [0.4, 0.5) is 0 Å². The third-order valence-electron chi connectivity index (χ3n) is 3.56. The van der Waals surface area contributed by atoms with Crippen LogP contribution in [0.25, 0.3) is 0 Å². The molecule has 0 aromatic carbocycles. The number of sulfonamides is 1. The van der Waals surface area contributed by atoms with Crippen molar-refractivity contribution in [3.05, 3.63) is 12.4 Å². The van der Waals surface area contributed by atoms with Gasteiger partial charge in [-0.25, -0.2) is 13.1 Å². The van der Waals surface area contributed by atoms with E-state index < -0.39 is 10.0 Å². The zero-order valence-electron chi connectivity index (χ0n) is 12.4. The fourth-order valence-corrected chi connectivity index (χ4v) is 3.27. The molecule has 1 atom stereocenters. The Balaban J connectivity index is 1.80. The van der Waals surface area contributed by atoms with Crippen molar-refractivity contribution in [2.75, 3.05) is 32.8 Å². The maximum absolute atomic E-state index is 12.1. The van der Waals surface area contributed by atoms with Crippen molar-refractivity contribution in [1.29, 1.82) is 0 Å². The lowest BCUT2D eigenvalue weighted by atomic mass is 10.1. The molecule has 0 spiro atoms. The molecule has 2 heterocycles. The number of hydrogen-bond acceptors (Lipinski definition) is 5. The highest BCUT2D eigenvalue weighted by atomic mass is 32.2. The molecular formula is C13H24N4O3S. The fourth-order valence-electron chi connectivity index (χ4n) is 2.27. The first-order chi connectivity index (χ1) is 10.1. The molecule has 2 N–H and O–H groups in total. The lowest BCUT2D eigenvalue weighted by molar-refractivity contribution is 0.184. The summed E-state index contributed by atoms with van der Waals surface area (Å²) in [7, 11) is -3.46. The van der Waals surface area contributed by atoms with Gasteiger partial charge in [0.15, 0.2) is 0 Å². The Hall–Kier alpha value is -0.960. The Bertz CT molecular complexity index is 523. The summed E-state index contributed by atoms with van der Waals surface area (Å²) >= 11 is 0. The summed E-state index contributed by atoms with van der Waals surface area (Å²) in [6.07, 6.45) is 4.79. The molecule has 1 unspecified atom stereocenters. The highest BCUT2D eigenvalue weighted by molar-refractivity contribution is 7.89. The highest BCUT2D eigenvalue weighted by Crippen LogP contribution is 2.16. The van der Waals surface area contributed by atoms with Crippen molar-refractivity contribution in [3.8, 4) is 0 Å². The van der Waals surface area contributed by atoms with Crippen LogP contribution in [0.1, 0.15) is 19.8 Å². The number of likely N-dealkylation sites (N-methyl/N-ethyl adjacent to an activating group) is 1. The average molecular weight is 316 g/mol. The Morgan fingerprint density at radius 1 is 1.48 bits per heavy atom. The normalized spacial score (nSPS) is 19.2. The molecule has 0 radical (unpaired) electrons. The van der Waals surface area contributed by atoms with Gasteiger partial charge >= 0.3 is 0 Å². The summed E-state index contributed by atoms with van der Waals surface area (Å²) in [5.41, 5.74) is 0. The first-order valence-electron chi connectivity index (χ1n) is 7.42. The van der Waals surface area contributed by atoms with E-state index in [9.17, 15) is 8.42 Å². The van der Waals surface area contributed by atoms with Crippen molar-refractivity contribution in [2.45, 2.75) is 31.2 Å². The third-order valence-corrected chi connectivity index (χ3v) is 4.97. The summed E-state index contributed by atoms with van der Waals surface area (Å²) in [6.45, 7) is 6.31. The molecular weight excluding hydrogens is 292 g/mol. The molecule has 120 valence electrons. The molecule has 1 saturated heterocycles. The molecule has 0 aliphatic carbocycles. The van der Waals surface area contributed by atoms with Gasteiger partial charge in [0.25, 0.3) is 0 Å². The molecule has 2 rings (SSSR count). The summed E-state index contributed by atoms with van der Waals surface area (Å²) in [6, 6.07) is 0. The summed E-state index contributed by atoms with van der Waals surface area (Å²) < 4.78 is 33.8. The van der Waals surface area contributed by atoms with Crippen LogP contribution in [0.2, 0.25) is 0 Å². The van der Waals surface area contributed by atoms with E-state index in [0.29, 0.717) is 19.0 Å². The van der Waals surface area contributed by atoms with E-state index in [2.05, 4.69) is 15.1 Å². The van der Waals surface area contributed by atoms with Crippen molar-refractivity contribution < 1.29 is 13.2 Å². The minimum Gasteiger partial charge on any atom is -0.381 e. The number of hydrogen-bond donors (Lipinski definition) is 2. The van der Waals surface area contributed by atoms with E-state index in [1.165, 1.54) is 6.20 Å². The number of nitrogens with one attached hydrogen (secondary N) is 2. The first-order valence-corrected chi connectivity index (χ1v) is 8.90. The van der Waals surface area contributed by atoms with Gasteiger partial charge in [0.05, 0.1) is 12.7 Å². The van der Waals surface area contributed by atoms with Gasteiger partial charge in [0, 0.05) is 32.5 Å². The monoisotopic (exact) mass is 316 g/mol. The predicted octanol–water partition coefficient (Wildman–Crippen LogP) is 0.198. The van der Waals surface area contributed by atoms with Crippen molar-refractivity contribution in [3.63, 3.8) is 0 Å². The second-order valence-electron chi connectivity index (χ2n) is 5.21. The van der Waals surface area contributed by atoms with E-state index in [0.717, 1.165) is 39.1 Å². The Morgan fingerprint density at radius 2 is 2.33 bits per heavy atom. The molecule has 0 amide bonds. The molecule has 0 bridgehead atoms. The fraction of sp³-hybridized carbons (Fsp3) is 0.769. The van der Waals surface area contributed by atoms with Gasteiger partial charge in [-0.1, -0.05) is 6.92 Å². The van der Waals surface area contributed by atoms with Crippen LogP contribution in [0, 0.1) is 5.92 Å². The van der Waals surface area contributed by atoms with Crippen LogP contribution in [0.5, 0.6) is 0 Å². The number of rotatable bonds is 9. The summed E-state index contributed by atoms with van der Waals surface area (Å²) in [5.74, 6) is 0.468. The van der Waals surface area contributed by atoms with E-state index in [1.54, 1.807) is 10.9 Å². The van der Waals surface area contributed by atoms with Gasteiger partial charge in [-0.3, -0.25) is 4.68 Å². The van der Waals surface area contributed by atoms with E-state index in [1.807, 2.05) is 6.92 Å². The van der Waals surface area contributed by atoms with Gasteiger partial charge in [-0.15, -0.1) is 0 Å². The van der Waals surface area contributed by atoms with Crippen molar-refractivity contribution in [2.24, 2.45) is 5.92 Å². The predicted molar refractivity (Wildman–Crippen MR) is 79.5 cm³/mol. The SMILES string of the molecule is CCNCCn1cc(S(=O)(=O)NCCC2CCOC2)cn1. The molecule has 8 heteroatoms. The van der Waals surface area contributed by atoms with Crippen LogP contribution < -0.4 is 10.0 Å². The van der Waals surface area contributed by atoms with Gasteiger partial charge in [0.1, 0.15) is 4.90 Å². The zero-order valence-corrected chi connectivity index (χ0v) is 13.2. The number of aromatic nitrogens is 2. The maximum Gasteiger partial charge on any atom is 0.243 e. The van der Waals surface area contributed by atoms with Crippen LogP contribution in [0.3, 0.4) is 0 Å².